The van der Waals surface area contributed by atoms with Crippen LogP contribution in [0.2, 0.25) is 0 Å². The Kier molecular flexibility index (Phi) is 6.04. The van der Waals surface area contributed by atoms with Gasteiger partial charge in [0.05, 0.1) is 6.61 Å². The molecule has 0 saturated heterocycles. The topological polar surface area (TPSA) is 76.5 Å². The smallest absolute Gasteiger partial charge is 0.339 e. The number of carboxylic acid groups (broad SMARTS) is 1. The van der Waals surface area contributed by atoms with Gasteiger partial charge in [0.25, 0.3) is 0 Å². The van der Waals surface area contributed by atoms with E-state index in [0.717, 1.165) is 0 Å². The molecule has 102 valence electrons. The number of hydrogen-bond donors (Lipinski definition) is 1. The molecule has 1 heterocycles. The Morgan fingerprint density at radius 1 is 1.58 bits per heavy atom. The Morgan fingerprint density at radius 2 is 2.26 bits per heavy atom. The monoisotopic (exact) mass is 345 g/mol. The van der Waals surface area contributed by atoms with Gasteiger partial charge in [0.2, 0.25) is 0 Å². The summed E-state index contributed by atoms with van der Waals surface area (Å²) in [6.45, 7) is 1.96. The largest absolute Gasteiger partial charge is 0.478 e. The van der Waals surface area contributed by atoms with Gasteiger partial charge in [-0.05, 0) is 35.2 Å². The number of hydrogen-bond acceptors (Lipinski definition) is 5. The van der Waals surface area contributed by atoms with Crippen LogP contribution in [0.1, 0.15) is 22.8 Å². The van der Waals surface area contributed by atoms with Crippen molar-refractivity contribution in [2.75, 3.05) is 12.9 Å². The maximum atomic E-state index is 11.3. The second-order valence-electron chi connectivity index (χ2n) is 3.29. The molecule has 0 atom stereocenters. The number of carboxylic acids is 1. The molecule has 7 heteroatoms. The summed E-state index contributed by atoms with van der Waals surface area (Å²) in [6.07, 6.45) is 5.84. The van der Waals surface area contributed by atoms with Crippen molar-refractivity contribution in [3.05, 3.63) is 27.9 Å². The minimum Gasteiger partial charge on any atom is -0.478 e. The van der Waals surface area contributed by atoms with Crippen molar-refractivity contribution in [1.82, 2.24) is 4.98 Å². The molecule has 0 aromatic carbocycles. The molecule has 0 saturated carbocycles. The fourth-order valence-electron chi connectivity index (χ4n) is 1.35. The molecule has 1 rings (SSSR count). The van der Waals surface area contributed by atoms with Crippen molar-refractivity contribution in [3.8, 4) is 0 Å². The molecule has 0 spiro atoms. The van der Waals surface area contributed by atoms with E-state index in [-0.39, 0.29) is 12.2 Å². The Hall–Kier alpha value is -1.34. The minimum atomic E-state index is -1.10. The Bertz CT molecular complexity index is 531. The van der Waals surface area contributed by atoms with Gasteiger partial charge in [-0.3, -0.25) is 0 Å². The highest BCUT2D eigenvalue weighted by Gasteiger charge is 2.17. The summed E-state index contributed by atoms with van der Waals surface area (Å²) in [7, 11) is 0. The highest BCUT2D eigenvalue weighted by molar-refractivity contribution is 9.10. The third kappa shape index (κ3) is 4.07. The van der Waals surface area contributed by atoms with Crippen LogP contribution in [0.5, 0.6) is 0 Å². The first-order chi connectivity index (χ1) is 9.01. The number of carbonyl (C=O) groups is 2. The molecule has 19 heavy (non-hydrogen) atoms. The van der Waals surface area contributed by atoms with E-state index in [2.05, 4.69) is 20.9 Å². The summed E-state index contributed by atoms with van der Waals surface area (Å²) >= 11 is 4.46. The highest BCUT2D eigenvalue weighted by Crippen LogP contribution is 2.28. The molecule has 1 N–H and O–H groups in total. The number of thioether (sulfide) groups is 1. The van der Waals surface area contributed by atoms with Crippen molar-refractivity contribution in [2.45, 2.75) is 11.9 Å². The second-order valence-corrected chi connectivity index (χ2v) is 4.94. The van der Waals surface area contributed by atoms with Crippen molar-refractivity contribution < 1.29 is 19.4 Å². The van der Waals surface area contributed by atoms with E-state index in [1.54, 1.807) is 13.2 Å². The number of halogens is 1. The number of rotatable bonds is 5. The fraction of sp³-hybridized carbons (Fsp3) is 0.250. The molecular formula is C12H12BrNO4S. The van der Waals surface area contributed by atoms with Crippen molar-refractivity contribution in [1.29, 1.82) is 0 Å². The van der Waals surface area contributed by atoms with Gasteiger partial charge >= 0.3 is 11.9 Å². The predicted molar refractivity (Wildman–Crippen MR) is 76.3 cm³/mol. The third-order valence-corrected chi connectivity index (χ3v) is 3.44. The van der Waals surface area contributed by atoms with E-state index in [1.807, 2.05) is 0 Å². The van der Waals surface area contributed by atoms with Gasteiger partial charge < -0.3 is 9.84 Å². The predicted octanol–water partition coefficient (Wildman–Crippen LogP) is 2.84. The molecule has 0 amide bonds. The SMILES string of the molecule is CCOC(=O)C=Cc1c(Br)cnc(SC)c1C(=O)O. The van der Waals surface area contributed by atoms with Crippen LogP contribution in [0.15, 0.2) is 21.8 Å². The summed E-state index contributed by atoms with van der Waals surface area (Å²) < 4.78 is 5.25. The first kappa shape index (κ1) is 15.7. The van der Waals surface area contributed by atoms with Gasteiger partial charge in [-0.25, -0.2) is 14.6 Å². The van der Waals surface area contributed by atoms with Crippen molar-refractivity contribution in [3.63, 3.8) is 0 Å². The standard InChI is InChI=1S/C12H12BrNO4S/c1-3-18-9(15)5-4-7-8(13)6-14-11(19-2)10(7)12(16)17/h4-6H,3H2,1-2H3,(H,16,17). The number of pyridine rings is 1. The molecule has 1 aromatic rings. The van der Waals surface area contributed by atoms with Gasteiger partial charge in [-0.1, -0.05) is 0 Å². The molecule has 0 aliphatic rings. The second kappa shape index (κ2) is 7.30. The van der Waals surface area contributed by atoms with Crippen molar-refractivity contribution in [2.24, 2.45) is 0 Å². The fourth-order valence-corrected chi connectivity index (χ4v) is 2.34. The van der Waals surface area contributed by atoms with Gasteiger partial charge in [0.15, 0.2) is 0 Å². The zero-order chi connectivity index (χ0) is 14.4. The third-order valence-electron chi connectivity index (χ3n) is 2.12. The Morgan fingerprint density at radius 3 is 2.79 bits per heavy atom. The maximum Gasteiger partial charge on any atom is 0.339 e. The summed E-state index contributed by atoms with van der Waals surface area (Å²) in [5.41, 5.74) is 0.447. The number of ether oxygens (including phenoxy) is 1. The zero-order valence-electron chi connectivity index (χ0n) is 10.3. The number of esters is 1. The molecule has 0 aliphatic heterocycles. The van der Waals surface area contributed by atoms with Crippen LogP contribution >= 0.6 is 27.7 Å². The lowest BCUT2D eigenvalue weighted by molar-refractivity contribution is -0.137. The van der Waals surface area contributed by atoms with Gasteiger partial charge in [-0.2, -0.15) is 0 Å². The van der Waals surface area contributed by atoms with E-state index >= 15 is 0 Å². The minimum absolute atomic E-state index is 0.0578. The van der Waals surface area contributed by atoms with E-state index in [0.29, 0.717) is 15.1 Å². The van der Waals surface area contributed by atoms with Crippen LogP contribution in [-0.4, -0.2) is 34.9 Å². The summed E-state index contributed by atoms with van der Waals surface area (Å²) in [4.78, 5) is 26.6. The first-order valence-electron chi connectivity index (χ1n) is 5.31. The Labute approximate surface area is 123 Å². The average molecular weight is 346 g/mol. The van der Waals surface area contributed by atoms with Gasteiger partial charge in [-0.15, -0.1) is 11.8 Å². The summed E-state index contributed by atoms with van der Waals surface area (Å²) in [6, 6.07) is 0. The van der Waals surface area contributed by atoms with Gasteiger partial charge in [0.1, 0.15) is 10.6 Å². The molecule has 1 aromatic heterocycles. The van der Waals surface area contributed by atoms with E-state index in [9.17, 15) is 14.7 Å². The normalized spacial score (nSPS) is 10.7. The molecule has 0 aliphatic carbocycles. The number of aromatic carboxylic acids is 1. The molecule has 0 radical (unpaired) electrons. The van der Waals surface area contributed by atoms with Crippen molar-refractivity contribution >= 4 is 45.7 Å². The number of nitrogens with zero attached hydrogens (tertiary/aromatic N) is 1. The molecule has 5 nitrogen and oxygen atoms in total. The lowest BCUT2D eigenvalue weighted by Gasteiger charge is -2.08. The van der Waals surface area contributed by atoms with Crippen LogP contribution in [0.3, 0.4) is 0 Å². The lowest BCUT2D eigenvalue weighted by Crippen LogP contribution is -2.05. The number of carbonyl (C=O) groups excluding carboxylic acids is 1. The maximum absolute atomic E-state index is 11.3. The van der Waals surface area contributed by atoms with Crippen LogP contribution in [0.4, 0.5) is 0 Å². The molecule has 0 fully saturated rings. The molecule has 0 unspecified atom stereocenters. The average Bonchev–Trinajstić information content (AvgIpc) is 2.37. The van der Waals surface area contributed by atoms with Crippen LogP contribution in [-0.2, 0) is 9.53 Å². The number of aromatic nitrogens is 1. The first-order valence-corrected chi connectivity index (χ1v) is 7.33. The Balaban J connectivity index is 3.25. The van der Waals surface area contributed by atoms with E-state index < -0.39 is 11.9 Å². The van der Waals surface area contributed by atoms with Gasteiger partial charge in [0, 0.05) is 22.3 Å². The lowest BCUT2D eigenvalue weighted by atomic mass is 10.1. The molecule has 0 bridgehead atoms. The van der Waals surface area contributed by atoms with Crippen LogP contribution < -0.4 is 0 Å². The quantitative estimate of drug-likeness (QED) is 0.502. The van der Waals surface area contributed by atoms with Crippen LogP contribution in [0.25, 0.3) is 6.08 Å². The molecular weight excluding hydrogens is 334 g/mol. The van der Waals surface area contributed by atoms with E-state index in [4.69, 9.17) is 4.74 Å². The zero-order valence-corrected chi connectivity index (χ0v) is 12.7. The van der Waals surface area contributed by atoms with E-state index in [1.165, 1.54) is 30.1 Å². The summed E-state index contributed by atoms with van der Waals surface area (Å²) in [5, 5.41) is 9.63. The highest BCUT2D eigenvalue weighted by atomic mass is 79.9. The van der Waals surface area contributed by atoms with Crippen LogP contribution in [0, 0.1) is 0 Å². The summed E-state index contributed by atoms with van der Waals surface area (Å²) in [5.74, 6) is -1.62.